The van der Waals surface area contributed by atoms with Gasteiger partial charge in [-0.15, -0.1) is 0 Å². The maximum atomic E-state index is 8.97. The van der Waals surface area contributed by atoms with Gasteiger partial charge in [0, 0.05) is 11.1 Å². The van der Waals surface area contributed by atoms with Crippen LogP contribution in [0.2, 0.25) is 0 Å². The fraction of sp³-hybridized carbons (Fsp3) is 0. The van der Waals surface area contributed by atoms with Crippen LogP contribution in [0.3, 0.4) is 0 Å². The van der Waals surface area contributed by atoms with Gasteiger partial charge in [-0.25, -0.2) is 0 Å². The van der Waals surface area contributed by atoms with E-state index >= 15 is 0 Å². The molecule has 0 radical (unpaired) electrons. The second kappa shape index (κ2) is 4.41. The molecule has 0 spiro atoms. The van der Waals surface area contributed by atoms with Gasteiger partial charge in [0.2, 0.25) is 0 Å². The van der Waals surface area contributed by atoms with E-state index in [1.807, 2.05) is 36.4 Å². The fourth-order valence-electron chi connectivity index (χ4n) is 1.56. The second-order valence-electron chi connectivity index (χ2n) is 3.40. The Hall–Kier alpha value is -2.40. The summed E-state index contributed by atoms with van der Waals surface area (Å²) < 4.78 is 0. The van der Waals surface area contributed by atoms with Gasteiger partial charge in [-0.2, -0.15) is 5.26 Å². The summed E-state index contributed by atoms with van der Waals surface area (Å²) in [6.07, 6.45) is 0. The predicted octanol–water partition coefficient (Wildman–Crippen LogP) is 2.97. The number of nitrogens with one attached hydrogen (secondary N) is 1. The van der Waals surface area contributed by atoms with Crippen LogP contribution in [0.15, 0.2) is 54.6 Å². The molecular weight excluding hydrogens is 196 g/mol. The normalized spacial score (nSPS) is 9.44. The van der Waals surface area contributed by atoms with E-state index in [4.69, 9.17) is 10.7 Å². The lowest BCUT2D eigenvalue weighted by molar-refractivity contribution is 1.42. The van der Waals surface area contributed by atoms with Crippen molar-refractivity contribution in [1.29, 1.82) is 10.7 Å². The van der Waals surface area contributed by atoms with Crippen LogP contribution in [0, 0.1) is 16.7 Å². The lowest BCUT2D eigenvalue weighted by Crippen LogP contribution is -2.03. The quantitative estimate of drug-likeness (QED) is 0.754. The van der Waals surface area contributed by atoms with Crippen molar-refractivity contribution in [3.05, 3.63) is 71.3 Å². The molecule has 0 aliphatic carbocycles. The summed E-state index contributed by atoms with van der Waals surface area (Å²) in [7, 11) is 0. The molecule has 2 aromatic rings. The molecule has 2 heteroatoms. The summed E-state index contributed by atoms with van der Waals surface area (Å²) >= 11 is 0. The molecule has 0 bridgehead atoms. The molecule has 2 nitrogen and oxygen atoms in total. The van der Waals surface area contributed by atoms with Gasteiger partial charge in [0.15, 0.2) is 0 Å². The van der Waals surface area contributed by atoms with Crippen molar-refractivity contribution in [2.75, 3.05) is 0 Å². The highest BCUT2D eigenvalue weighted by Crippen LogP contribution is 2.13. The van der Waals surface area contributed by atoms with Crippen molar-refractivity contribution in [2.45, 2.75) is 0 Å². The Kier molecular flexibility index (Phi) is 2.79. The average molecular weight is 206 g/mol. The van der Waals surface area contributed by atoms with Gasteiger partial charge < -0.3 is 0 Å². The maximum Gasteiger partial charge on any atom is 0.0998 e. The summed E-state index contributed by atoms with van der Waals surface area (Å²) in [5.74, 6) is 0. The van der Waals surface area contributed by atoms with E-state index in [0.717, 1.165) is 5.56 Å². The van der Waals surface area contributed by atoms with Gasteiger partial charge in [0.25, 0.3) is 0 Å². The molecule has 1 N–H and O–H groups in total. The third-order valence-corrected chi connectivity index (χ3v) is 2.38. The number of benzene rings is 2. The Morgan fingerprint density at radius 2 is 1.56 bits per heavy atom. The Morgan fingerprint density at radius 3 is 2.25 bits per heavy atom. The molecule has 0 saturated heterocycles. The average Bonchev–Trinajstić information content (AvgIpc) is 2.39. The molecule has 2 aromatic carbocycles. The van der Waals surface area contributed by atoms with Crippen LogP contribution in [0.1, 0.15) is 16.7 Å². The van der Waals surface area contributed by atoms with Crippen molar-refractivity contribution in [3.8, 4) is 6.07 Å². The van der Waals surface area contributed by atoms with Crippen molar-refractivity contribution in [1.82, 2.24) is 0 Å². The predicted molar refractivity (Wildman–Crippen MR) is 63.5 cm³/mol. The summed E-state index contributed by atoms with van der Waals surface area (Å²) in [6.45, 7) is 0. The number of hydrogen-bond donors (Lipinski definition) is 1. The third-order valence-electron chi connectivity index (χ3n) is 2.38. The molecule has 0 fully saturated rings. The van der Waals surface area contributed by atoms with E-state index in [1.54, 1.807) is 18.2 Å². The van der Waals surface area contributed by atoms with Crippen LogP contribution in [0.5, 0.6) is 0 Å². The number of nitrogens with zero attached hydrogens (tertiary/aromatic N) is 1. The van der Waals surface area contributed by atoms with E-state index < -0.39 is 0 Å². The van der Waals surface area contributed by atoms with Crippen LogP contribution >= 0.6 is 0 Å². The Morgan fingerprint density at radius 1 is 0.938 bits per heavy atom. The van der Waals surface area contributed by atoms with Gasteiger partial charge in [-0.1, -0.05) is 48.5 Å². The van der Waals surface area contributed by atoms with E-state index in [0.29, 0.717) is 16.8 Å². The lowest BCUT2D eigenvalue weighted by Gasteiger charge is -2.05. The van der Waals surface area contributed by atoms with Crippen molar-refractivity contribution < 1.29 is 0 Å². The maximum absolute atomic E-state index is 8.97. The van der Waals surface area contributed by atoms with Crippen LogP contribution in [-0.2, 0) is 0 Å². The molecule has 0 aromatic heterocycles. The first-order valence-corrected chi connectivity index (χ1v) is 4.96. The van der Waals surface area contributed by atoms with E-state index in [9.17, 15) is 0 Å². The molecule has 0 heterocycles. The van der Waals surface area contributed by atoms with E-state index in [2.05, 4.69) is 6.07 Å². The van der Waals surface area contributed by atoms with E-state index in [1.165, 1.54) is 0 Å². The summed E-state index contributed by atoms with van der Waals surface area (Å²) in [4.78, 5) is 0. The van der Waals surface area contributed by atoms with Crippen LogP contribution in [0.25, 0.3) is 0 Å². The zero-order valence-electron chi connectivity index (χ0n) is 8.64. The zero-order chi connectivity index (χ0) is 11.4. The van der Waals surface area contributed by atoms with Gasteiger partial charge in [0.1, 0.15) is 0 Å². The summed E-state index contributed by atoms with van der Waals surface area (Å²) in [5, 5.41) is 17.0. The Labute approximate surface area is 94.3 Å². The SMILES string of the molecule is N#Cc1ccccc1C(=N)c1ccccc1. The van der Waals surface area contributed by atoms with Gasteiger partial charge in [-0.3, -0.25) is 5.41 Å². The standard InChI is InChI=1S/C14H10N2/c15-10-12-8-4-5-9-13(12)14(16)11-6-2-1-3-7-11/h1-9,16H. The van der Waals surface area contributed by atoms with Gasteiger partial charge in [-0.05, 0) is 6.07 Å². The topological polar surface area (TPSA) is 47.6 Å². The molecule has 0 atom stereocenters. The molecular formula is C14H10N2. The van der Waals surface area contributed by atoms with Crippen molar-refractivity contribution >= 4 is 5.71 Å². The van der Waals surface area contributed by atoms with Crippen molar-refractivity contribution in [2.24, 2.45) is 0 Å². The van der Waals surface area contributed by atoms with Crippen LogP contribution < -0.4 is 0 Å². The highest BCUT2D eigenvalue weighted by Gasteiger charge is 2.08. The number of nitriles is 1. The highest BCUT2D eigenvalue weighted by atomic mass is 14.4. The Bertz CT molecular complexity index is 550. The highest BCUT2D eigenvalue weighted by molar-refractivity contribution is 6.12. The van der Waals surface area contributed by atoms with E-state index in [-0.39, 0.29) is 0 Å². The largest absolute Gasteiger partial charge is 0.300 e. The number of hydrogen-bond acceptors (Lipinski definition) is 2. The summed E-state index contributed by atoms with van der Waals surface area (Å²) in [5.41, 5.74) is 2.43. The zero-order valence-corrected chi connectivity index (χ0v) is 8.64. The minimum Gasteiger partial charge on any atom is -0.300 e. The minimum absolute atomic E-state index is 0.387. The van der Waals surface area contributed by atoms with Gasteiger partial charge in [0.05, 0.1) is 17.3 Å². The molecule has 2 rings (SSSR count). The lowest BCUT2D eigenvalue weighted by atomic mass is 9.98. The third kappa shape index (κ3) is 1.84. The molecule has 0 unspecified atom stereocenters. The number of rotatable bonds is 2. The first kappa shape index (κ1) is 10.1. The summed E-state index contributed by atoms with van der Waals surface area (Å²) in [6, 6.07) is 18.7. The molecule has 0 saturated carbocycles. The van der Waals surface area contributed by atoms with Crippen LogP contribution in [0.4, 0.5) is 0 Å². The first-order valence-electron chi connectivity index (χ1n) is 4.96. The van der Waals surface area contributed by atoms with Crippen LogP contribution in [-0.4, -0.2) is 5.71 Å². The molecule has 0 amide bonds. The molecule has 0 aliphatic heterocycles. The van der Waals surface area contributed by atoms with Gasteiger partial charge >= 0.3 is 0 Å². The smallest absolute Gasteiger partial charge is 0.0998 e. The monoisotopic (exact) mass is 206 g/mol. The first-order chi connectivity index (χ1) is 7.83. The fourth-order valence-corrected chi connectivity index (χ4v) is 1.56. The second-order valence-corrected chi connectivity index (χ2v) is 3.40. The molecule has 76 valence electrons. The van der Waals surface area contributed by atoms with Crippen molar-refractivity contribution in [3.63, 3.8) is 0 Å². The molecule has 0 aliphatic rings. The minimum atomic E-state index is 0.387. The Balaban J connectivity index is 2.47. The molecule has 16 heavy (non-hydrogen) atoms.